The Morgan fingerprint density at radius 1 is 1.19 bits per heavy atom. The van der Waals surface area contributed by atoms with E-state index in [1.54, 1.807) is 31.4 Å². The quantitative estimate of drug-likeness (QED) is 0.654. The van der Waals surface area contributed by atoms with E-state index in [1.807, 2.05) is 25.1 Å². The molecule has 1 N–H and O–H groups in total. The van der Waals surface area contributed by atoms with E-state index in [0.717, 1.165) is 5.56 Å². The summed E-state index contributed by atoms with van der Waals surface area (Å²) in [5.74, 6) is 0.212. The van der Waals surface area contributed by atoms with Crippen LogP contribution in [0.5, 0.6) is 0 Å². The summed E-state index contributed by atoms with van der Waals surface area (Å²) in [7, 11) is 1.62. The summed E-state index contributed by atoms with van der Waals surface area (Å²) in [5.41, 5.74) is 2.09. The maximum Gasteiger partial charge on any atom is 0.295 e. The van der Waals surface area contributed by atoms with E-state index >= 15 is 0 Å². The fourth-order valence-corrected chi connectivity index (χ4v) is 3.19. The third kappa shape index (κ3) is 4.30. The van der Waals surface area contributed by atoms with Crippen LogP contribution >= 0.6 is 23.2 Å². The Bertz CT molecular complexity index is 952. The SMILES string of the molecule is CCc1nc(C(=O)Nc2cccc(COC)c2)nn1-c1c(Cl)cccc1Cl. The smallest absolute Gasteiger partial charge is 0.295 e. The molecule has 0 fully saturated rings. The topological polar surface area (TPSA) is 69.0 Å². The summed E-state index contributed by atoms with van der Waals surface area (Å²) >= 11 is 12.5. The van der Waals surface area contributed by atoms with Gasteiger partial charge in [0.05, 0.1) is 16.7 Å². The highest BCUT2D eigenvalue weighted by Gasteiger charge is 2.19. The van der Waals surface area contributed by atoms with Gasteiger partial charge in [0.1, 0.15) is 11.5 Å². The molecule has 3 rings (SSSR count). The van der Waals surface area contributed by atoms with Crippen LogP contribution in [0.3, 0.4) is 0 Å². The van der Waals surface area contributed by atoms with Gasteiger partial charge in [-0.05, 0) is 29.8 Å². The van der Waals surface area contributed by atoms with Crippen LogP contribution in [-0.4, -0.2) is 27.8 Å². The Morgan fingerprint density at radius 3 is 2.56 bits per heavy atom. The average Bonchev–Trinajstić information content (AvgIpc) is 3.06. The Kier molecular flexibility index (Phi) is 6.11. The normalized spacial score (nSPS) is 10.8. The van der Waals surface area contributed by atoms with Crippen molar-refractivity contribution in [1.82, 2.24) is 14.8 Å². The Morgan fingerprint density at radius 2 is 1.89 bits per heavy atom. The predicted octanol–water partition coefficient (Wildman–Crippen LogP) is 4.54. The van der Waals surface area contributed by atoms with Crippen molar-refractivity contribution in [2.45, 2.75) is 20.0 Å². The lowest BCUT2D eigenvalue weighted by molar-refractivity contribution is 0.101. The molecule has 0 saturated carbocycles. The number of anilines is 1. The van der Waals surface area contributed by atoms with Gasteiger partial charge in [0.25, 0.3) is 5.91 Å². The maximum atomic E-state index is 12.6. The molecule has 0 radical (unpaired) electrons. The zero-order chi connectivity index (χ0) is 19.4. The molecule has 6 nitrogen and oxygen atoms in total. The molecule has 140 valence electrons. The average molecular weight is 405 g/mol. The van der Waals surface area contributed by atoms with Gasteiger partial charge in [0.15, 0.2) is 0 Å². The molecule has 27 heavy (non-hydrogen) atoms. The molecule has 0 bridgehead atoms. The molecule has 1 aromatic heterocycles. The zero-order valence-electron chi connectivity index (χ0n) is 14.9. The van der Waals surface area contributed by atoms with Crippen LogP contribution in [-0.2, 0) is 17.8 Å². The Balaban J connectivity index is 1.91. The Hall–Kier alpha value is -2.41. The molecule has 3 aromatic rings. The lowest BCUT2D eigenvalue weighted by Gasteiger charge is -2.08. The van der Waals surface area contributed by atoms with E-state index < -0.39 is 5.91 Å². The van der Waals surface area contributed by atoms with E-state index in [0.29, 0.717) is 40.3 Å². The van der Waals surface area contributed by atoms with Gasteiger partial charge >= 0.3 is 0 Å². The van der Waals surface area contributed by atoms with Crippen LogP contribution in [0.2, 0.25) is 10.0 Å². The van der Waals surface area contributed by atoms with E-state index in [9.17, 15) is 4.79 Å². The first-order valence-corrected chi connectivity index (χ1v) is 9.08. The molecule has 0 aliphatic carbocycles. The number of amides is 1. The van der Waals surface area contributed by atoms with Crippen LogP contribution < -0.4 is 5.32 Å². The van der Waals surface area contributed by atoms with Crippen molar-refractivity contribution in [2.24, 2.45) is 0 Å². The van der Waals surface area contributed by atoms with Crippen LogP contribution in [0, 0.1) is 0 Å². The standard InChI is InChI=1S/C19H18Cl2N4O2/c1-3-16-23-18(24-25(16)17-14(20)8-5-9-15(17)21)19(26)22-13-7-4-6-12(10-13)11-27-2/h4-10H,3,11H2,1-2H3,(H,22,26). The van der Waals surface area contributed by atoms with E-state index in [2.05, 4.69) is 15.4 Å². The van der Waals surface area contributed by atoms with Gasteiger partial charge in [-0.3, -0.25) is 4.79 Å². The molecule has 2 aromatic carbocycles. The third-order valence-corrected chi connectivity index (χ3v) is 4.45. The van der Waals surface area contributed by atoms with Gasteiger partial charge in [-0.2, -0.15) is 0 Å². The number of nitrogens with zero attached hydrogens (tertiary/aromatic N) is 3. The fraction of sp³-hybridized carbons (Fsp3) is 0.211. The number of carbonyl (C=O) groups excluding carboxylic acids is 1. The van der Waals surface area contributed by atoms with Crippen molar-refractivity contribution in [3.8, 4) is 5.69 Å². The van der Waals surface area contributed by atoms with Crippen LogP contribution in [0.1, 0.15) is 28.9 Å². The van der Waals surface area contributed by atoms with Crippen LogP contribution in [0.25, 0.3) is 5.69 Å². The molecule has 0 saturated heterocycles. The highest BCUT2D eigenvalue weighted by Crippen LogP contribution is 2.28. The number of ether oxygens (including phenoxy) is 1. The van der Waals surface area contributed by atoms with Crippen molar-refractivity contribution >= 4 is 34.8 Å². The zero-order valence-corrected chi connectivity index (χ0v) is 16.4. The largest absolute Gasteiger partial charge is 0.380 e. The molecule has 0 aliphatic rings. The lowest BCUT2D eigenvalue weighted by Crippen LogP contribution is -2.14. The number of aryl methyl sites for hydroxylation is 1. The summed E-state index contributed by atoms with van der Waals surface area (Å²) in [6, 6.07) is 12.6. The number of rotatable bonds is 6. The van der Waals surface area contributed by atoms with E-state index in [4.69, 9.17) is 27.9 Å². The highest BCUT2D eigenvalue weighted by molar-refractivity contribution is 6.37. The molecule has 1 amide bonds. The van der Waals surface area contributed by atoms with Gasteiger partial charge in [-0.1, -0.05) is 48.3 Å². The number of aromatic nitrogens is 3. The van der Waals surface area contributed by atoms with Crippen LogP contribution in [0.4, 0.5) is 5.69 Å². The number of halogens is 2. The summed E-state index contributed by atoms with van der Waals surface area (Å²) in [6.07, 6.45) is 0.561. The minimum atomic E-state index is -0.416. The first-order chi connectivity index (χ1) is 13.0. The summed E-state index contributed by atoms with van der Waals surface area (Å²) < 4.78 is 6.63. The second-order valence-electron chi connectivity index (χ2n) is 5.77. The van der Waals surface area contributed by atoms with Gasteiger partial charge in [0.2, 0.25) is 5.82 Å². The fourth-order valence-electron chi connectivity index (χ4n) is 2.63. The molecule has 0 aliphatic heterocycles. The van der Waals surface area contributed by atoms with Gasteiger partial charge < -0.3 is 10.1 Å². The number of benzene rings is 2. The third-order valence-electron chi connectivity index (χ3n) is 3.84. The first-order valence-electron chi connectivity index (χ1n) is 8.33. The van der Waals surface area contributed by atoms with E-state index in [1.165, 1.54) is 4.68 Å². The van der Waals surface area contributed by atoms with Crippen molar-refractivity contribution in [2.75, 3.05) is 12.4 Å². The van der Waals surface area contributed by atoms with Crippen molar-refractivity contribution in [1.29, 1.82) is 0 Å². The molecule has 0 atom stereocenters. The van der Waals surface area contributed by atoms with Crippen molar-refractivity contribution < 1.29 is 9.53 Å². The van der Waals surface area contributed by atoms with Gasteiger partial charge in [-0.15, -0.1) is 5.10 Å². The first kappa shape index (κ1) is 19.4. The molecular formula is C19H18Cl2N4O2. The van der Waals surface area contributed by atoms with Crippen molar-refractivity contribution in [3.05, 3.63) is 69.7 Å². The lowest BCUT2D eigenvalue weighted by atomic mass is 10.2. The number of para-hydroxylation sites is 1. The Labute approximate surface area is 167 Å². The highest BCUT2D eigenvalue weighted by atomic mass is 35.5. The monoisotopic (exact) mass is 404 g/mol. The predicted molar refractivity (Wildman–Crippen MR) is 106 cm³/mol. The molecular weight excluding hydrogens is 387 g/mol. The summed E-state index contributed by atoms with van der Waals surface area (Å²) in [4.78, 5) is 17.0. The second kappa shape index (κ2) is 8.52. The number of hydrogen-bond acceptors (Lipinski definition) is 4. The van der Waals surface area contributed by atoms with Gasteiger partial charge in [0, 0.05) is 19.2 Å². The summed E-state index contributed by atoms with van der Waals surface area (Å²) in [5, 5.41) is 7.99. The number of hydrogen-bond donors (Lipinski definition) is 1. The van der Waals surface area contributed by atoms with Crippen LogP contribution in [0.15, 0.2) is 42.5 Å². The van der Waals surface area contributed by atoms with Crippen molar-refractivity contribution in [3.63, 3.8) is 0 Å². The van der Waals surface area contributed by atoms with E-state index in [-0.39, 0.29) is 5.82 Å². The minimum Gasteiger partial charge on any atom is -0.380 e. The molecule has 0 spiro atoms. The summed E-state index contributed by atoms with van der Waals surface area (Å²) in [6.45, 7) is 2.38. The number of carbonyl (C=O) groups is 1. The molecule has 0 unspecified atom stereocenters. The molecule has 8 heteroatoms. The number of methoxy groups -OCH3 is 1. The number of nitrogens with one attached hydrogen (secondary N) is 1. The minimum absolute atomic E-state index is 0.0416. The second-order valence-corrected chi connectivity index (χ2v) is 6.59. The molecule has 1 heterocycles. The maximum absolute atomic E-state index is 12.6. The van der Waals surface area contributed by atoms with Gasteiger partial charge in [-0.25, -0.2) is 9.67 Å².